The maximum absolute atomic E-state index is 11.0. The van der Waals surface area contributed by atoms with E-state index >= 15 is 0 Å². The Balaban J connectivity index is 2.75. The van der Waals surface area contributed by atoms with Gasteiger partial charge in [0.2, 0.25) is 0 Å². The molecule has 0 aliphatic heterocycles. The van der Waals surface area contributed by atoms with Gasteiger partial charge in [-0.1, -0.05) is 13.0 Å². The number of carboxylic acids is 1. The Bertz CT molecular complexity index is 469. The summed E-state index contributed by atoms with van der Waals surface area (Å²) in [5.41, 5.74) is 1.17. The van der Waals surface area contributed by atoms with Gasteiger partial charge in [0.15, 0.2) is 6.10 Å². The predicted octanol–water partition coefficient (Wildman–Crippen LogP) is 3.58. The van der Waals surface area contributed by atoms with Crippen LogP contribution in [0.4, 0.5) is 0 Å². The second kappa shape index (κ2) is 7.09. The van der Waals surface area contributed by atoms with Crippen molar-refractivity contribution in [3.63, 3.8) is 0 Å². The summed E-state index contributed by atoms with van der Waals surface area (Å²) in [6.07, 6.45) is -0.389. The summed E-state index contributed by atoms with van der Waals surface area (Å²) in [6, 6.07) is 5.69. The summed E-state index contributed by atoms with van der Waals surface area (Å²) in [5.74, 6) is -0.392. The summed E-state index contributed by atoms with van der Waals surface area (Å²) < 4.78 is 6.26. The third-order valence-electron chi connectivity index (χ3n) is 2.73. The number of halogens is 1. The largest absolute Gasteiger partial charge is 0.479 e. The van der Waals surface area contributed by atoms with E-state index in [1.54, 1.807) is 13.0 Å². The van der Waals surface area contributed by atoms with Crippen LogP contribution >= 0.6 is 15.9 Å². The molecular formula is C15H22BrNO3. The van der Waals surface area contributed by atoms with Crippen LogP contribution in [0.1, 0.15) is 39.7 Å². The minimum atomic E-state index is -0.946. The van der Waals surface area contributed by atoms with E-state index in [-0.39, 0.29) is 5.54 Å². The van der Waals surface area contributed by atoms with Crippen molar-refractivity contribution in [2.75, 3.05) is 0 Å². The number of hydrogen-bond donors (Lipinski definition) is 2. The molecule has 2 N–H and O–H groups in total. The number of nitrogens with one attached hydrogen (secondary N) is 1. The number of aliphatic carboxylic acids is 1. The average molecular weight is 344 g/mol. The van der Waals surface area contributed by atoms with Crippen LogP contribution in [0.2, 0.25) is 0 Å². The molecule has 5 heteroatoms. The highest BCUT2D eigenvalue weighted by Gasteiger charge is 2.18. The molecular weight excluding hydrogens is 322 g/mol. The Kier molecular flexibility index (Phi) is 6.02. The molecule has 0 aromatic heterocycles. The Morgan fingerprint density at radius 2 is 2.10 bits per heavy atom. The fourth-order valence-corrected chi connectivity index (χ4v) is 2.10. The minimum Gasteiger partial charge on any atom is -0.479 e. The molecule has 20 heavy (non-hydrogen) atoms. The minimum absolute atomic E-state index is 0.0538. The standard InChI is InChI=1S/C15H22BrNO3/c1-5-12(14(18)19)20-13-7-6-10(8-11(13)16)9-17-15(2,3)4/h6-8,12,17H,5,9H2,1-4H3,(H,18,19). The topological polar surface area (TPSA) is 58.6 Å². The summed E-state index contributed by atoms with van der Waals surface area (Å²) in [5, 5.41) is 12.4. The Labute approximate surface area is 128 Å². The summed E-state index contributed by atoms with van der Waals surface area (Å²) in [6.45, 7) is 8.86. The number of carboxylic acid groups (broad SMARTS) is 1. The first-order valence-corrected chi connectivity index (χ1v) is 7.45. The fraction of sp³-hybridized carbons (Fsp3) is 0.533. The van der Waals surface area contributed by atoms with E-state index in [2.05, 4.69) is 42.0 Å². The molecule has 0 heterocycles. The monoisotopic (exact) mass is 343 g/mol. The van der Waals surface area contributed by atoms with E-state index in [1.165, 1.54) is 0 Å². The zero-order valence-corrected chi connectivity index (χ0v) is 14.0. The SMILES string of the molecule is CCC(Oc1ccc(CNC(C)(C)C)cc1Br)C(=O)O. The van der Waals surface area contributed by atoms with Crippen LogP contribution in [0.5, 0.6) is 5.75 Å². The van der Waals surface area contributed by atoms with Gasteiger partial charge in [-0.15, -0.1) is 0 Å². The molecule has 1 atom stereocenters. The third kappa shape index (κ3) is 5.51. The lowest BCUT2D eigenvalue weighted by atomic mass is 10.1. The van der Waals surface area contributed by atoms with Gasteiger partial charge in [-0.3, -0.25) is 0 Å². The average Bonchev–Trinajstić information content (AvgIpc) is 2.34. The molecule has 0 bridgehead atoms. The zero-order valence-electron chi connectivity index (χ0n) is 12.4. The number of carbonyl (C=O) groups is 1. The van der Waals surface area contributed by atoms with Gasteiger partial charge in [-0.2, -0.15) is 0 Å². The molecule has 0 radical (unpaired) electrons. The molecule has 112 valence electrons. The van der Waals surface area contributed by atoms with E-state index in [9.17, 15) is 4.79 Å². The molecule has 0 spiro atoms. The molecule has 0 fully saturated rings. The molecule has 0 saturated carbocycles. The molecule has 1 rings (SSSR count). The normalized spacial score (nSPS) is 13.1. The van der Waals surface area contributed by atoms with Crippen LogP contribution in [0, 0.1) is 0 Å². The van der Waals surface area contributed by atoms with Gasteiger partial charge in [0, 0.05) is 12.1 Å². The Morgan fingerprint density at radius 1 is 1.45 bits per heavy atom. The van der Waals surface area contributed by atoms with E-state index in [0.29, 0.717) is 12.2 Å². The third-order valence-corrected chi connectivity index (χ3v) is 3.35. The molecule has 4 nitrogen and oxygen atoms in total. The summed E-state index contributed by atoms with van der Waals surface area (Å²) in [7, 11) is 0. The highest BCUT2D eigenvalue weighted by molar-refractivity contribution is 9.10. The fourth-order valence-electron chi connectivity index (χ4n) is 1.58. The summed E-state index contributed by atoms with van der Waals surface area (Å²) in [4.78, 5) is 11.0. The van der Waals surface area contributed by atoms with Crippen molar-refractivity contribution >= 4 is 21.9 Å². The maximum atomic E-state index is 11.0. The molecule has 1 unspecified atom stereocenters. The van der Waals surface area contributed by atoms with Crippen molar-refractivity contribution in [2.45, 2.75) is 52.3 Å². The quantitative estimate of drug-likeness (QED) is 0.828. The van der Waals surface area contributed by atoms with Crippen molar-refractivity contribution in [1.82, 2.24) is 5.32 Å². The number of hydrogen-bond acceptors (Lipinski definition) is 3. The first-order valence-electron chi connectivity index (χ1n) is 6.66. The Hall–Kier alpha value is -1.07. The predicted molar refractivity (Wildman–Crippen MR) is 83.1 cm³/mol. The first-order chi connectivity index (χ1) is 9.23. The second-order valence-corrected chi connectivity index (χ2v) is 6.58. The van der Waals surface area contributed by atoms with Gasteiger partial charge in [0.1, 0.15) is 5.75 Å². The van der Waals surface area contributed by atoms with E-state index in [1.807, 2.05) is 12.1 Å². The van der Waals surface area contributed by atoms with Crippen LogP contribution in [-0.4, -0.2) is 22.7 Å². The van der Waals surface area contributed by atoms with Crippen LogP contribution in [0.25, 0.3) is 0 Å². The highest BCUT2D eigenvalue weighted by Crippen LogP contribution is 2.27. The van der Waals surface area contributed by atoms with Crippen LogP contribution < -0.4 is 10.1 Å². The zero-order chi connectivity index (χ0) is 15.3. The van der Waals surface area contributed by atoms with Crippen molar-refractivity contribution < 1.29 is 14.6 Å². The van der Waals surface area contributed by atoms with Crippen LogP contribution in [-0.2, 0) is 11.3 Å². The van der Waals surface area contributed by atoms with Gasteiger partial charge in [0.25, 0.3) is 0 Å². The lowest BCUT2D eigenvalue weighted by Gasteiger charge is -2.21. The highest BCUT2D eigenvalue weighted by atomic mass is 79.9. The van der Waals surface area contributed by atoms with Gasteiger partial charge >= 0.3 is 5.97 Å². The maximum Gasteiger partial charge on any atom is 0.344 e. The Morgan fingerprint density at radius 3 is 2.55 bits per heavy atom. The van der Waals surface area contributed by atoms with E-state index in [0.717, 1.165) is 16.6 Å². The van der Waals surface area contributed by atoms with Crippen molar-refractivity contribution in [1.29, 1.82) is 0 Å². The van der Waals surface area contributed by atoms with Crippen molar-refractivity contribution in [3.8, 4) is 5.75 Å². The second-order valence-electron chi connectivity index (χ2n) is 5.72. The van der Waals surface area contributed by atoms with Gasteiger partial charge in [-0.25, -0.2) is 4.79 Å². The van der Waals surface area contributed by atoms with E-state index in [4.69, 9.17) is 9.84 Å². The number of ether oxygens (including phenoxy) is 1. The van der Waals surface area contributed by atoms with Crippen LogP contribution in [0.15, 0.2) is 22.7 Å². The lowest BCUT2D eigenvalue weighted by molar-refractivity contribution is -0.145. The molecule has 0 aliphatic rings. The number of benzene rings is 1. The van der Waals surface area contributed by atoms with Gasteiger partial charge < -0.3 is 15.2 Å². The van der Waals surface area contributed by atoms with Gasteiger partial charge in [-0.05, 0) is 60.8 Å². The molecule has 0 amide bonds. The summed E-state index contributed by atoms with van der Waals surface area (Å²) >= 11 is 3.43. The molecule has 1 aromatic carbocycles. The first kappa shape index (κ1) is 17.0. The van der Waals surface area contributed by atoms with Crippen molar-refractivity contribution in [2.24, 2.45) is 0 Å². The van der Waals surface area contributed by atoms with E-state index < -0.39 is 12.1 Å². The molecule has 0 saturated heterocycles. The molecule has 0 aliphatic carbocycles. The molecule has 1 aromatic rings. The lowest BCUT2D eigenvalue weighted by Crippen LogP contribution is -2.35. The number of rotatable bonds is 6. The van der Waals surface area contributed by atoms with Gasteiger partial charge in [0.05, 0.1) is 4.47 Å². The van der Waals surface area contributed by atoms with Crippen LogP contribution in [0.3, 0.4) is 0 Å². The smallest absolute Gasteiger partial charge is 0.344 e. The van der Waals surface area contributed by atoms with Crippen molar-refractivity contribution in [3.05, 3.63) is 28.2 Å².